The number of rotatable bonds is 20. The monoisotopic (exact) mass is 1070 g/mol. The van der Waals surface area contributed by atoms with Crippen LogP contribution < -0.4 is 16.4 Å². The summed E-state index contributed by atoms with van der Waals surface area (Å²) in [6.07, 6.45) is -0.176. The van der Waals surface area contributed by atoms with E-state index < -0.39 is 96.1 Å². The highest BCUT2D eigenvalue weighted by molar-refractivity contribution is 8.13. The molecule has 14 atom stereocenters. The fourth-order valence-electron chi connectivity index (χ4n) is 11.8. The molecule has 1 aliphatic heterocycles. The summed E-state index contributed by atoms with van der Waals surface area (Å²) < 4.78 is 62.7. The summed E-state index contributed by atoms with van der Waals surface area (Å²) in [5.74, 6) is -0.264. The number of nitrogens with zero attached hydrogens (tertiary/aromatic N) is 4. The molecule has 0 radical (unpaired) electrons. The third-order valence-electron chi connectivity index (χ3n) is 15.4. The molecule has 0 aromatic carbocycles. The van der Waals surface area contributed by atoms with Crippen LogP contribution >= 0.6 is 35.2 Å². The van der Waals surface area contributed by atoms with Gasteiger partial charge in [0.05, 0.1) is 25.6 Å². The summed E-state index contributed by atoms with van der Waals surface area (Å²) in [5, 5.41) is 38.6. The zero-order valence-electron chi connectivity index (χ0n) is 39.2. The van der Waals surface area contributed by atoms with Crippen molar-refractivity contribution < 1.29 is 85.6 Å². The molecule has 5 aliphatic carbocycles. The number of carbonyl (C=O) groups excluding carboxylic acids is 3. The summed E-state index contributed by atoms with van der Waals surface area (Å²) in [4.78, 5) is 90.9. The number of phosphoric acid groups is 3. The van der Waals surface area contributed by atoms with Crippen molar-refractivity contribution in [3.63, 3.8) is 0 Å². The first-order valence-electron chi connectivity index (χ1n) is 22.9. The van der Waals surface area contributed by atoms with Crippen molar-refractivity contribution >= 4 is 69.1 Å². The number of thioether (sulfide) groups is 1. The number of anilines is 1. The maximum atomic E-state index is 14.0. The van der Waals surface area contributed by atoms with Gasteiger partial charge in [-0.05, 0) is 68.1 Å². The third kappa shape index (κ3) is 11.3. The Kier molecular flexibility index (Phi) is 16.1. The van der Waals surface area contributed by atoms with Crippen molar-refractivity contribution in [2.45, 2.75) is 122 Å². The van der Waals surface area contributed by atoms with Crippen molar-refractivity contribution in [3.8, 4) is 0 Å². The fourth-order valence-corrected chi connectivity index (χ4v) is 15.6. The van der Waals surface area contributed by atoms with E-state index in [1.165, 1.54) is 31.2 Å². The number of aliphatic hydroxyl groups excluding tert-OH is 3. The van der Waals surface area contributed by atoms with Gasteiger partial charge >= 0.3 is 23.5 Å². The molecule has 1 spiro atoms. The van der Waals surface area contributed by atoms with E-state index in [4.69, 9.17) is 19.5 Å². The molecule has 8 rings (SSSR count). The standard InChI is InChI=1S/C41H64N7O18P3S/c1-22-17-41-11-7-23(22)15-26(41)39(4)9-6-10-40(5,25(39)16-27(41)49)37(54)70-14-13-43-28(50)8-12-44-35(53)32(52)38(2,3)19-63-69(60,61)66-68(58,59)62-18-24-31(65-67(55,56)57)30(51)36(64-24)48-21-47-29-33(42)45-20-46-34(29)48/h20-21,23-27,30-32,36,49,51-52H,1,6-19H2,2-5H3,(H,43,50)(H,44,53)(H,58,59)(H,60,61)(H2,42,45,46)(H2,55,56,57)/t23-,24+,25-,26-,27+,30+,31+,32-,36+,39+,40+,41+/m0/s1. The van der Waals surface area contributed by atoms with Crippen molar-refractivity contribution in [2.24, 2.45) is 39.4 Å². The molecular formula is C41H64N7O18P3S. The van der Waals surface area contributed by atoms with Crippen LogP contribution in [0, 0.1) is 39.4 Å². The number of hydrogen-bond donors (Lipinski definition) is 10. The Morgan fingerprint density at radius 1 is 1.01 bits per heavy atom. The van der Waals surface area contributed by atoms with Crippen LogP contribution in [-0.4, -0.2) is 134 Å². The van der Waals surface area contributed by atoms with Gasteiger partial charge in [-0.3, -0.25) is 32.5 Å². The van der Waals surface area contributed by atoms with E-state index in [-0.39, 0.29) is 58.4 Å². The zero-order chi connectivity index (χ0) is 51.4. The van der Waals surface area contributed by atoms with Crippen LogP contribution in [-0.2, 0) is 50.7 Å². The molecule has 11 N–H and O–H groups in total. The zero-order valence-corrected chi connectivity index (χ0v) is 42.7. The first-order chi connectivity index (χ1) is 32.5. The second kappa shape index (κ2) is 20.5. The number of nitrogens with two attached hydrogens (primary N) is 1. The number of fused-ring (bicyclic) bond motifs is 4. The Morgan fingerprint density at radius 2 is 1.73 bits per heavy atom. The minimum atomic E-state index is -5.60. The Hall–Kier alpha value is -2.74. The predicted octanol–water partition coefficient (Wildman–Crippen LogP) is 2.60. The van der Waals surface area contributed by atoms with Gasteiger partial charge in [-0.25, -0.2) is 28.6 Å². The van der Waals surface area contributed by atoms with E-state index >= 15 is 0 Å². The summed E-state index contributed by atoms with van der Waals surface area (Å²) in [7, 11) is -16.5. The minimum absolute atomic E-state index is 0.0292. The Morgan fingerprint density at radius 3 is 2.43 bits per heavy atom. The smallest absolute Gasteiger partial charge is 0.393 e. The van der Waals surface area contributed by atoms with E-state index in [1.54, 1.807) is 0 Å². The molecule has 5 saturated carbocycles. The molecule has 3 heterocycles. The lowest BCUT2D eigenvalue weighted by Crippen LogP contribution is -2.65. The van der Waals surface area contributed by atoms with Gasteiger partial charge in [0, 0.05) is 41.5 Å². The van der Waals surface area contributed by atoms with Gasteiger partial charge in [-0.1, -0.05) is 58.0 Å². The second-order valence-electron chi connectivity index (χ2n) is 20.4. The van der Waals surface area contributed by atoms with Crippen molar-refractivity contribution in [1.82, 2.24) is 30.2 Å². The quantitative estimate of drug-likeness (QED) is 0.0517. The van der Waals surface area contributed by atoms with Gasteiger partial charge < -0.3 is 56.0 Å². The lowest BCUT2D eigenvalue weighted by molar-refractivity contribution is -0.217. The number of hydrogen-bond acceptors (Lipinski definition) is 19. The molecule has 2 unspecified atom stereocenters. The molecular weight excluding hydrogens is 1000 g/mol. The average molecular weight is 1070 g/mol. The van der Waals surface area contributed by atoms with E-state index in [2.05, 4.69) is 47.9 Å². The number of aliphatic hydroxyl groups is 3. The molecule has 2 aromatic rings. The molecule has 2 bridgehead atoms. The number of allylic oxidation sites excluding steroid dienone is 1. The number of nitrogens with one attached hydrogen (secondary N) is 2. The SMILES string of the molecule is C=C1C[C@]23CC[C@H]1C[C@H]2[C@]1(C)CCC[C@@](C)(C(=O)SCCNC(=O)CCNC(=O)[C@H](O)C(C)(C)COP(=O)(O)OP(=O)(O)OC[C@H]2O[C@@H](n4cnc5c(N)ncnc54)[C@H](O)[C@@H]2OP(=O)(O)O)[C@H]1C[C@H]3O. The number of phosphoric ester groups is 3. The Labute approximate surface area is 407 Å². The third-order valence-corrected chi connectivity index (χ3v) is 19.6. The van der Waals surface area contributed by atoms with E-state index in [9.17, 15) is 63.0 Å². The van der Waals surface area contributed by atoms with Crippen molar-refractivity contribution in [2.75, 3.05) is 37.8 Å². The first kappa shape index (κ1) is 55.0. The number of ether oxygens (including phenoxy) is 1. The largest absolute Gasteiger partial charge is 0.481 e. The molecule has 2 aromatic heterocycles. The van der Waals surface area contributed by atoms with Crippen molar-refractivity contribution in [3.05, 3.63) is 24.8 Å². The first-order valence-corrected chi connectivity index (χ1v) is 28.5. The minimum Gasteiger partial charge on any atom is -0.393 e. The average Bonchev–Trinajstić information content (AvgIpc) is 3.84. The number of nitrogen functional groups attached to an aromatic ring is 1. The number of imidazole rings is 1. The summed E-state index contributed by atoms with van der Waals surface area (Å²) in [6.45, 7) is 9.21. The topological polar surface area (TPSA) is 384 Å². The van der Waals surface area contributed by atoms with Gasteiger partial charge in [-0.15, -0.1) is 0 Å². The van der Waals surface area contributed by atoms with Crippen LogP contribution in [0.25, 0.3) is 11.2 Å². The molecule has 6 aliphatic rings. The maximum Gasteiger partial charge on any atom is 0.481 e. The lowest BCUT2D eigenvalue weighted by Gasteiger charge is -2.69. The summed E-state index contributed by atoms with van der Waals surface area (Å²) >= 11 is 1.18. The summed E-state index contributed by atoms with van der Waals surface area (Å²) in [5.41, 5.74) is 4.70. The van der Waals surface area contributed by atoms with E-state index in [0.717, 1.165) is 62.2 Å². The maximum absolute atomic E-state index is 14.0. The van der Waals surface area contributed by atoms with Gasteiger partial charge in [0.25, 0.3) is 0 Å². The molecule has 2 amide bonds. The van der Waals surface area contributed by atoms with Crippen LogP contribution in [0.3, 0.4) is 0 Å². The lowest BCUT2D eigenvalue weighted by atomic mass is 9.36. The second-order valence-corrected chi connectivity index (χ2v) is 25.7. The number of amides is 2. The highest BCUT2D eigenvalue weighted by Gasteiger charge is 2.67. The van der Waals surface area contributed by atoms with Gasteiger partial charge in [0.2, 0.25) is 11.8 Å². The van der Waals surface area contributed by atoms with E-state index in [0.29, 0.717) is 24.0 Å². The molecule has 6 fully saturated rings. The van der Waals surface area contributed by atoms with Crippen LogP contribution in [0.15, 0.2) is 24.8 Å². The van der Waals surface area contributed by atoms with Crippen LogP contribution in [0.2, 0.25) is 0 Å². The van der Waals surface area contributed by atoms with Crippen LogP contribution in [0.4, 0.5) is 5.82 Å². The molecule has 29 heteroatoms. The van der Waals surface area contributed by atoms with Gasteiger partial charge in [-0.2, -0.15) is 4.31 Å². The van der Waals surface area contributed by atoms with Crippen molar-refractivity contribution in [1.29, 1.82) is 0 Å². The van der Waals surface area contributed by atoms with Gasteiger partial charge in [0.1, 0.15) is 36.3 Å². The molecule has 70 heavy (non-hydrogen) atoms. The molecule has 25 nitrogen and oxygen atoms in total. The highest BCUT2D eigenvalue weighted by Crippen LogP contribution is 2.72. The number of carbonyl (C=O) groups is 3. The van der Waals surface area contributed by atoms with Crippen LogP contribution in [0.1, 0.15) is 91.7 Å². The predicted molar refractivity (Wildman–Crippen MR) is 248 cm³/mol. The molecule has 392 valence electrons. The fraction of sp³-hybridized carbons (Fsp3) is 0.756. The Balaban J connectivity index is 0.825. The van der Waals surface area contributed by atoms with E-state index in [1.807, 2.05) is 6.92 Å². The van der Waals surface area contributed by atoms with Crippen LogP contribution in [0.5, 0.6) is 0 Å². The van der Waals surface area contributed by atoms with Gasteiger partial charge in [0.15, 0.2) is 22.8 Å². The highest BCUT2D eigenvalue weighted by atomic mass is 32.2. The number of aromatic nitrogens is 4. The molecule has 1 saturated heterocycles. The summed E-state index contributed by atoms with van der Waals surface area (Å²) in [6, 6.07) is 0. The normalized spacial score (nSPS) is 34.2. The Bertz CT molecular complexity index is 2480.